The predicted octanol–water partition coefficient (Wildman–Crippen LogP) is 3.64. The lowest BCUT2D eigenvalue weighted by Crippen LogP contribution is -2.36. The van der Waals surface area contributed by atoms with Gasteiger partial charge in [-0.3, -0.25) is 4.99 Å². The molecule has 2 N–H and O–H groups in total. The summed E-state index contributed by atoms with van der Waals surface area (Å²) in [5.74, 6) is 1.66. The third-order valence-corrected chi connectivity index (χ3v) is 4.50. The number of guanidine groups is 1. The first-order valence-electron chi connectivity index (χ1n) is 7.72. The van der Waals surface area contributed by atoms with E-state index >= 15 is 0 Å². The maximum Gasteiger partial charge on any atom is 0.191 e. The molecule has 0 unspecified atom stereocenters. The number of thiazole rings is 1. The van der Waals surface area contributed by atoms with Crippen LogP contribution in [0.2, 0.25) is 0 Å². The highest BCUT2D eigenvalue weighted by molar-refractivity contribution is 14.0. The van der Waals surface area contributed by atoms with Crippen LogP contribution in [0, 0.1) is 13.8 Å². The van der Waals surface area contributed by atoms with Gasteiger partial charge in [-0.05, 0) is 26.8 Å². The van der Waals surface area contributed by atoms with E-state index in [0.717, 1.165) is 28.0 Å². The summed E-state index contributed by atoms with van der Waals surface area (Å²) in [6.07, 6.45) is 0. The first-order chi connectivity index (χ1) is 11.1. The minimum atomic E-state index is 0. The van der Waals surface area contributed by atoms with E-state index in [1.165, 1.54) is 4.88 Å². The third-order valence-electron chi connectivity index (χ3n) is 3.42. The first-order valence-corrected chi connectivity index (χ1v) is 8.53. The Morgan fingerprint density at radius 1 is 1.21 bits per heavy atom. The normalized spacial score (nSPS) is 10.9. The standard InChI is InChI=1S/C17H24N4OS.HI/c1-5-22-15-9-7-6-8-14(15)10-19-17(18-4)20-11-16-21-12(2)13(3)23-16;/h6-9H,5,10-11H2,1-4H3,(H2,18,19,20);1H. The summed E-state index contributed by atoms with van der Waals surface area (Å²) in [6, 6.07) is 8.03. The van der Waals surface area contributed by atoms with Crippen LogP contribution in [0.4, 0.5) is 0 Å². The molecule has 132 valence electrons. The van der Waals surface area contributed by atoms with Crippen LogP contribution in [-0.2, 0) is 13.1 Å². The van der Waals surface area contributed by atoms with E-state index in [1.807, 2.05) is 32.0 Å². The zero-order valence-corrected chi connectivity index (χ0v) is 17.7. The highest BCUT2D eigenvalue weighted by Crippen LogP contribution is 2.18. The maximum atomic E-state index is 5.64. The van der Waals surface area contributed by atoms with Crippen LogP contribution in [-0.4, -0.2) is 24.6 Å². The summed E-state index contributed by atoms with van der Waals surface area (Å²) < 4.78 is 5.64. The van der Waals surface area contributed by atoms with Gasteiger partial charge in [-0.2, -0.15) is 0 Å². The van der Waals surface area contributed by atoms with Crippen LogP contribution in [0.15, 0.2) is 29.3 Å². The van der Waals surface area contributed by atoms with Gasteiger partial charge in [0.05, 0.1) is 18.8 Å². The minimum absolute atomic E-state index is 0. The van der Waals surface area contributed by atoms with Crippen molar-refractivity contribution in [1.82, 2.24) is 15.6 Å². The molecule has 0 aliphatic carbocycles. The average Bonchev–Trinajstić information content (AvgIpc) is 2.87. The number of aromatic nitrogens is 1. The van der Waals surface area contributed by atoms with E-state index < -0.39 is 0 Å². The van der Waals surface area contributed by atoms with Crippen molar-refractivity contribution in [3.63, 3.8) is 0 Å². The van der Waals surface area contributed by atoms with Gasteiger partial charge in [-0.25, -0.2) is 4.98 Å². The first kappa shape index (κ1) is 20.7. The van der Waals surface area contributed by atoms with E-state index in [9.17, 15) is 0 Å². The Morgan fingerprint density at radius 2 is 1.92 bits per heavy atom. The van der Waals surface area contributed by atoms with Gasteiger partial charge in [0, 0.05) is 24.0 Å². The third kappa shape index (κ3) is 5.94. The zero-order chi connectivity index (χ0) is 16.7. The molecule has 0 bridgehead atoms. The Labute approximate surface area is 165 Å². The Hall–Kier alpha value is -1.35. The largest absolute Gasteiger partial charge is 0.494 e. The van der Waals surface area contributed by atoms with Gasteiger partial charge >= 0.3 is 0 Å². The quantitative estimate of drug-likeness (QED) is 0.393. The molecule has 1 heterocycles. The molecule has 0 aliphatic heterocycles. The Balaban J connectivity index is 0.00000288. The fourth-order valence-corrected chi connectivity index (χ4v) is 2.99. The molecule has 5 nitrogen and oxygen atoms in total. The van der Waals surface area contributed by atoms with Crippen LogP contribution < -0.4 is 15.4 Å². The smallest absolute Gasteiger partial charge is 0.191 e. The van der Waals surface area contributed by atoms with Crippen molar-refractivity contribution >= 4 is 41.3 Å². The van der Waals surface area contributed by atoms with Crippen LogP contribution >= 0.6 is 35.3 Å². The second-order valence-corrected chi connectivity index (χ2v) is 6.36. The van der Waals surface area contributed by atoms with Gasteiger partial charge in [-0.1, -0.05) is 18.2 Å². The molecule has 2 aromatic rings. The molecule has 0 amide bonds. The molecule has 0 fully saturated rings. The van der Waals surface area contributed by atoms with Crippen molar-refractivity contribution in [1.29, 1.82) is 0 Å². The average molecular weight is 460 g/mol. The summed E-state index contributed by atoms with van der Waals surface area (Å²) in [7, 11) is 1.77. The van der Waals surface area contributed by atoms with Crippen molar-refractivity contribution < 1.29 is 4.74 Å². The van der Waals surface area contributed by atoms with Gasteiger partial charge in [0.25, 0.3) is 0 Å². The fourth-order valence-electron chi connectivity index (χ4n) is 2.12. The second-order valence-electron chi connectivity index (χ2n) is 5.07. The number of benzene rings is 1. The van der Waals surface area contributed by atoms with E-state index in [0.29, 0.717) is 19.7 Å². The van der Waals surface area contributed by atoms with E-state index in [4.69, 9.17) is 4.74 Å². The summed E-state index contributed by atoms with van der Waals surface area (Å²) >= 11 is 1.71. The lowest BCUT2D eigenvalue weighted by atomic mass is 10.2. The number of para-hydroxylation sites is 1. The number of nitrogens with one attached hydrogen (secondary N) is 2. The molecule has 0 aliphatic rings. The SMILES string of the molecule is CCOc1ccccc1CNC(=NC)NCc1nc(C)c(C)s1.I. The van der Waals surface area contributed by atoms with Crippen LogP contribution in [0.3, 0.4) is 0 Å². The van der Waals surface area contributed by atoms with Gasteiger partial charge in [0.15, 0.2) is 5.96 Å². The van der Waals surface area contributed by atoms with Gasteiger partial charge in [0.2, 0.25) is 0 Å². The number of rotatable bonds is 6. The number of halogens is 1. The predicted molar refractivity (Wildman–Crippen MR) is 112 cm³/mol. The molecule has 0 spiro atoms. The fraction of sp³-hybridized carbons (Fsp3) is 0.412. The zero-order valence-electron chi connectivity index (χ0n) is 14.5. The molecule has 24 heavy (non-hydrogen) atoms. The Morgan fingerprint density at radius 3 is 2.54 bits per heavy atom. The maximum absolute atomic E-state index is 5.64. The summed E-state index contributed by atoms with van der Waals surface area (Å²) in [4.78, 5) is 10.0. The molecule has 0 atom stereocenters. The molecule has 0 saturated heterocycles. The van der Waals surface area contributed by atoms with E-state index in [-0.39, 0.29) is 24.0 Å². The molecule has 1 aromatic carbocycles. The number of aliphatic imine (C=N–C) groups is 1. The van der Waals surface area contributed by atoms with Crippen molar-refractivity contribution in [2.75, 3.05) is 13.7 Å². The van der Waals surface area contributed by atoms with Crippen LogP contribution in [0.25, 0.3) is 0 Å². The number of ether oxygens (including phenoxy) is 1. The van der Waals surface area contributed by atoms with E-state index in [2.05, 4.69) is 33.6 Å². The summed E-state index contributed by atoms with van der Waals surface area (Å²) in [5.41, 5.74) is 2.21. The monoisotopic (exact) mass is 460 g/mol. The Kier molecular flexibility index (Phi) is 9.05. The molecule has 0 saturated carbocycles. The van der Waals surface area contributed by atoms with Gasteiger partial charge in [0.1, 0.15) is 10.8 Å². The highest BCUT2D eigenvalue weighted by Gasteiger charge is 2.06. The molecule has 2 rings (SSSR count). The number of nitrogens with zero attached hydrogens (tertiary/aromatic N) is 2. The number of hydrogen-bond acceptors (Lipinski definition) is 4. The molecule has 1 aromatic heterocycles. The summed E-state index contributed by atoms with van der Waals surface area (Å²) in [5, 5.41) is 7.67. The van der Waals surface area contributed by atoms with Crippen LogP contribution in [0.5, 0.6) is 5.75 Å². The lowest BCUT2D eigenvalue weighted by molar-refractivity contribution is 0.336. The van der Waals surface area contributed by atoms with Crippen LogP contribution in [0.1, 0.15) is 28.1 Å². The molecular formula is C17H25IN4OS. The van der Waals surface area contributed by atoms with Crippen molar-refractivity contribution in [2.45, 2.75) is 33.9 Å². The highest BCUT2D eigenvalue weighted by atomic mass is 127. The molecule has 0 radical (unpaired) electrons. The van der Waals surface area contributed by atoms with Gasteiger partial charge in [-0.15, -0.1) is 35.3 Å². The topological polar surface area (TPSA) is 58.5 Å². The number of aryl methyl sites for hydroxylation is 2. The molecule has 7 heteroatoms. The Bertz CT molecular complexity index is 653. The van der Waals surface area contributed by atoms with E-state index in [1.54, 1.807) is 18.4 Å². The molecular weight excluding hydrogens is 435 g/mol. The van der Waals surface area contributed by atoms with Crippen molar-refractivity contribution in [2.24, 2.45) is 4.99 Å². The van der Waals surface area contributed by atoms with Gasteiger partial charge < -0.3 is 15.4 Å². The minimum Gasteiger partial charge on any atom is -0.494 e. The number of hydrogen-bond donors (Lipinski definition) is 2. The lowest BCUT2D eigenvalue weighted by Gasteiger charge is -2.13. The van der Waals surface area contributed by atoms with Crippen molar-refractivity contribution in [3.05, 3.63) is 45.4 Å². The summed E-state index contributed by atoms with van der Waals surface area (Å²) in [6.45, 7) is 8.11. The second kappa shape index (κ2) is 10.5. The van der Waals surface area contributed by atoms with Crippen molar-refractivity contribution in [3.8, 4) is 5.75 Å².